The van der Waals surface area contributed by atoms with Crippen molar-refractivity contribution in [3.8, 4) is 23.0 Å². The number of piperidine rings is 1. The fraction of sp³-hybridized carbons (Fsp3) is 0.381. The predicted molar refractivity (Wildman–Crippen MR) is 109 cm³/mol. The highest BCUT2D eigenvalue weighted by atomic mass is 16.5. The van der Waals surface area contributed by atoms with Gasteiger partial charge in [-0.05, 0) is 44.1 Å². The zero-order valence-electron chi connectivity index (χ0n) is 17.0. The first kappa shape index (κ1) is 20.0. The summed E-state index contributed by atoms with van der Waals surface area (Å²) in [6, 6.07) is 7.09. The molecule has 0 atom stereocenters. The number of likely N-dealkylation sites (tertiary alicyclic amines) is 1. The third-order valence-corrected chi connectivity index (χ3v) is 5.18. The number of ether oxygens (including phenoxy) is 2. The summed E-state index contributed by atoms with van der Waals surface area (Å²) in [5.74, 6) is 2.43. The van der Waals surface area contributed by atoms with Crippen LogP contribution in [0.3, 0.4) is 0 Å². The summed E-state index contributed by atoms with van der Waals surface area (Å²) in [6.07, 6.45) is 4.87. The summed E-state index contributed by atoms with van der Waals surface area (Å²) in [5.41, 5.74) is 1.45. The molecule has 0 saturated carbocycles. The molecule has 1 aromatic carbocycles. The van der Waals surface area contributed by atoms with Crippen LogP contribution in [0.4, 0.5) is 5.69 Å². The lowest BCUT2D eigenvalue weighted by atomic mass is 9.97. The number of anilines is 1. The Kier molecular flexibility index (Phi) is 5.99. The van der Waals surface area contributed by atoms with E-state index >= 15 is 0 Å². The Morgan fingerprint density at radius 3 is 2.67 bits per heavy atom. The van der Waals surface area contributed by atoms with Crippen molar-refractivity contribution in [1.82, 2.24) is 15.1 Å². The average molecular weight is 412 g/mol. The molecule has 1 amide bonds. The van der Waals surface area contributed by atoms with Crippen molar-refractivity contribution >= 4 is 11.6 Å². The van der Waals surface area contributed by atoms with E-state index in [-0.39, 0.29) is 11.8 Å². The van der Waals surface area contributed by atoms with Crippen LogP contribution < -0.4 is 14.8 Å². The van der Waals surface area contributed by atoms with E-state index in [4.69, 9.17) is 18.3 Å². The van der Waals surface area contributed by atoms with Crippen LogP contribution in [0, 0.1) is 0 Å². The zero-order valence-corrected chi connectivity index (χ0v) is 17.0. The van der Waals surface area contributed by atoms with Gasteiger partial charge in [-0.1, -0.05) is 0 Å². The molecular weight excluding hydrogens is 388 g/mol. The van der Waals surface area contributed by atoms with Crippen molar-refractivity contribution in [3.63, 3.8) is 0 Å². The maximum absolute atomic E-state index is 12.4. The maximum Gasteiger partial charge on any atom is 0.250 e. The largest absolute Gasteiger partial charge is 0.493 e. The second-order valence-electron chi connectivity index (χ2n) is 7.13. The predicted octanol–water partition coefficient (Wildman–Crippen LogP) is 3.16. The summed E-state index contributed by atoms with van der Waals surface area (Å²) in [6.45, 7) is 1.89. The molecule has 3 aromatic rings. The topological polar surface area (TPSA) is 103 Å². The van der Waals surface area contributed by atoms with E-state index in [0.29, 0.717) is 35.5 Å². The molecule has 0 unspecified atom stereocenters. The Morgan fingerprint density at radius 2 is 1.97 bits per heavy atom. The van der Waals surface area contributed by atoms with Crippen LogP contribution >= 0.6 is 0 Å². The number of hydrogen-bond donors (Lipinski definition) is 1. The Balaban J connectivity index is 1.28. The van der Waals surface area contributed by atoms with Crippen LogP contribution in [0.5, 0.6) is 11.5 Å². The maximum atomic E-state index is 12.4. The van der Waals surface area contributed by atoms with Crippen molar-refractivity contribution in [3.05, 3.63) is 42.7 Å². The van der Waals surface area contributed by atoms with Crippen molar-refractivity contribution in [2.24, 2.45) is 0 Å². The van der Waals surface area contributed by atoms with E-state index in [2.05, 4.69) is 20.4 Å². The number of carbonyl (C=O) groups excluding carboxylic acids is 1. The minimum atomic E-state index is -0.0688. The van der Waals surface area contributed by atoms with Gasteiger partial charge in [0, 0.05) is 17.7 Å². The molecule has 9 nitrogen and oxygen atoms in total. The smallest absolute Gasteiger partial charge is 0.250 e. The summed E-state index contributed by atoms with van der Waals surface area (Å²) in [7, 11) is 3.14. The third kappa shape index (κ3) is 4.46. The van der Waals surface area contributed by atoms with Gasteiger partial charge in [-0.2, -0.15) is 0 Å². The molecule has 1 aliphatic heterocycles. The number of benzene rings is 1. The van der Waals surface area contributed by atoms with E-state index in [9.17, 15) is 4.79 Å². The average Bonchev–Trinajstić information content (AvgIpc) is 3.46. The number of amides is 1. The fourth-order valence-corrected chi connectivity index (χ4v) is 3.56. The van der Waals surface area contributed by atoms with Gasteiger partial charge in [0.1, 0.15) is 6.26 Å². The zero-order chi connectivity index (χ0) is 20.9. The lowest BCUT2D eigenvalue weighted by Crippen LogP contribution is -2.38. The number of hydrogen-bond acceptors (Lipinski definition) is 8. The molecule has 0 radical (unpaired) electrons. The molecule has 0 aliphatic carbocycles. The van der Waals surface area contributed by atoms with Crippen molar-refractivity contribution in [2.75, 3.05) is 39.2 Å². The first-order valence-electron chi connectivity index (χ1n) is 9.76. The van der Waals surface area contributed by atoms with Gasteiger partial charge in [0.2, 0.25) is 11.8 Å². The molecule has 1 N–H and O–H groups in total. The lowest BCUT2D eigenvalue weighted by molar-refractivity contribution is -0.117. The van der Waals surface area contributed by atoms with Gasteiger partial charge in [0.05, 0.1) is 32.6 Å². The normalized spacial score (nSPS) is 15.1. The molecule has 1 aliphatic rings. The lowest BCUT2D eigenvalue weighted by Gasteiger charge is -2.29. The first-order valence-corrected chi connectivity index (χ1v) is 9.76. The number of nitrogens with zero attached hydrogens (tertiary/aromatic N) is 3. The summed E-state index contributed by atoms with van der Waals surface area (Å²) in [4.78, 5) is 14.6. The van der Waals surface area contributed by atoms with Gasteiger partial charge >= 0.3 is 0 Å². The SMILES string of the molecule is COc1ccc(NC(=O)CN2CCC(c3nnc(-c4ccoc4)o3)CC2)cc1OC. The van der Waals surface area contributed by atoms with Gasteiger partial charge in [0.15, 0.2) is 11.5 Å². The van der Waals surface area contributed by atoms with Crippen molar-refractivity contribution in [2.45, 2.75) is 18.8 Å². The van der Waals surface area contributed by atoms with Crippen molar-refractivity contribution < 1.29 is 23.1 Å². The quantitative estimate of drug-likeness (QED) is 0.631. The number of nitrogens with one attached hydrogen (secondary N) is 1. The summed E-state index contributed by atoms with van der Waals surface area (Å²) >= 11 is 0. The highest BCUT2D eigenvalue weighted by molar-refractivity contribution is 5.92. The molecule has 2 aromatic heterocycles. The van der Waals surface area contributed by atoms with Gasteiger partial charge in [-0.3, -0.25) is 9.69 Å². The minimum absolute atomic E-state index is 0.0688. The van der Waals surface area contributed by atoms with E-state index in [1.54, 1.807) is 51.0 Å². The standard InChI is InChI=1S/C21H24N4O5/c1-27-17-4-3-16(11-18(17)28-2)22-19(26)12-25-8-5-14(6-9-25)20-23-24-21(30-20)15-7-10-29-13-15/h3-4,7,10-11,13-14H,5-6,8-9,12H2,1-2H3,(H,22,26). The Hall–Kier alpha value is -3.33. The van der Waals surface area contributed by atoms with Crippen LogP contribution in [-0.4, -0.2) is 54.9 Å². The molecule has 0 spiro atoms. The molecule has 4 rings (SSSR count). The fourth-order valence-electron chi connectivity index (χ4n) is 3.56. The number of methoxy groups -OCH3 is 2. The van der Waals surface area contributed by atoms with E-state index < -0.39 is 0 Å². The van der Waals surface area contributed by atoms with Crippen molar-refractivity contribution in [1.29, 1.82) is 0 Å². The molecule has 158 valence electrons. The van der Waals surface area contributed by atoms with Crippen LogP contribution in [0.2, 0.25) is 0 Å². The number of rotatable bonds is 7. The van der Waals surface area contributed by atoms with Crippen LogP contribution in [0.15, 0.2) is 45.6 Å². The molecule has 1 saturated heterocycles. The highest BCUT2D eigenvalue weighted by Crippen LogP contribution is 2.31. The van der Waals surface area contributed by atoms with Crippen LogP contribution in [0.25, 0.3) is 11.5 Å². The molecule has 30 heavy (non-hydrogen) atoms. The summed E-state index contributed by atoms with van der Waals surface area (Å²) in [5, 5.41) is 11.2. The van der Waals surface area contributed by atoms with E-state index in [0.717, 1.165) is 31.5 Å². The molecule has 0 bridgehead atoms. The molecule has 3 heterocycles. The van der Waals surface area contributed by atoms with Gasteiger partial charge in [-0.15, -0.1) is 10.2 Å². The highest BCUT2D eigenvalue weighted by Gasteiger charge is 2.26. The second kappa shape index (κ2) is 9.00. The Bertz CT molecular complexity index is 977. The third-order valence-electron chi connectivity index (χ3n) is 5.18. The number of aromatic nitrogens is 2. The first-order chi connectivity index (χ1) is 14.7. The Labute approximate surface area is 174 Å². The molecular formula is C21H24N4O5. The van der Waals surface area contributed by atoms with Crippen LogP contribution in [-0.2, 0) is 4.79 Å². The van der Waals surface area contributed by atoms with Gasteiger partial charge in [-0.25, -0.2) is 0 Å². The Morgan fingerprint density at radius 1 is 1.17 bits per heavy atom. The van der Waals surface area contributed by atoms with Gasteiger partial charge in [0.25, 0.3) is 5.89 Å². The van der Waals surface area contributed by atoms with Gasteiger partial charge < -0.3 is 23.6 Å². The second-order valence-corrected chi connectivity index (χ2v) is 7.13. The molecule has 1 fully saturated rings. The van der Waals surface area contributed by atoms with E-state index in [1.165, 1.54) is 0 Å². The minimum Gasteiger partial charge on any atom is -0.493 e. The summed E-state index contributed by atoms with van der Waals surface area (Å²) < 4.78 is 21.4. The van der Waals surface area contributed by atoms with Crippen LogP contribution in [0.1, 0.15) is 24.7 Å². The monoisotopic (exact) mass is 412 g/mol. The number of furan rings is 1. The van der Waals surface area contributed by atoms with E-state index in [1.807, 2.05) is 0 Å². The molecule has 9 heteroatoms. The number of carbonyl (C=O) groups is 1.